The molecule has 1 N–H and O–H groups in total. The van der Waals surface area contributed by atoms with Crippen molar-refractivity contribution in [2.24, 2.45) is 0 Å². The molecule has 22 heavy (non-hydrogen) atoms. The summed E-state index contributed by atoms with van der Waals surface area (Å²) in [7, 11) is 0. The molecule has 0 heterocycles. The molecule has 110 valence electrons. The van der Waals surface area contributed by atoms with Crippen molar-refractivity contribution in [1.29, 1.82) is 5.26 Å². The van der Waals surface area contributed by atoms with Gasteiger partial charge in [0.05, 0.1) is 5.56 Å². The van der Waals surface area contributed by atoms with Crippen LogP contribution in [0.4, 0.5) is 0 Å². The number of carbonyl (C=O) groups excluding carboxylic acids is 1. The molecule has 0 radical (unpaired) electrons. The van der Waals surface area contributed by atoms with Gasteiger partial charge in [-0.25, -0.2) is 0 Å². The van der Waals surface area contributed by atoms with Crippen LogP contribution in [-0.4, -0.2) is 19.1 Å². The van der Waals surface area contributed by atoms with Crippen molar-refractivity contribution in [3.8, 4) is 11.8 Å². The highest BCUT2D eigenvalue weighted by Crippen LogP contribution is 2.16. The van der Waals surface area contributed by atoms with E-state index in [0.717, 1.165) is 5.56 Å². The molecule has 4 nitrogen and oxygen atoms in total. The summed E-state index contributed by atoms with van der Waals surface area (Å²) < 4.78 is 5.35. The molecule has 0 aliphatic heterocycles. The molecule has 2 aromatic carbocycles. The summed E-state index contributed by atoms with van der Waals surface area (Å²) in [5.41, 5.74) is 1.50. The maximum atomic E-state index is 11.7. The second-order valence-corrected chi connectivity index (χ2v) is 4.51. The van der Waals surface area contributed by atoms with Crippen LogP contribution in [0.5, 0.6) is 5.75 Å². The minimum Gasteiger partial charge on any atom is -0.482 e. The number of amides is 1. The summed E-state index contributed by atoms with van der Waals surface area (Å²) in [6.07, 6.45) is 3.81. The molecule has 4 heteroatoms. The molecular weight excluding hydrogens is 276 g/mol. The van der Waals surface area contributed by atoms with Crippen molar-refractivity contribution < 1.29 is 9.53 Å². The monoisotopic (exact) mass is 292 g/mol. The molecule has 1 amide bonds. The van der Waals surface area contributed by atoms with E-state index in [9.17, 15) is 4.79 Å². The lowest BCUT2D eigenvalue weighted by Crippen LogP contribution is -2.29. The van der Waals surface area contributed by atoms with Gasteiger partial charge in [0.25, 0.3) is 5.91 Å². The van der Waals surface area contributed by atoms with E-state index in [-0.39, 0.29) is 12.5 Å². The lowest BCUT2D eigenvalue weighted by molar-refractivity contribution is -0.122. The number of rotatable bonds is 6. The topological polar surface area (TPSA) is 62.1 Å². The standard InChI is InChI=1S/C18H16N2O2/c19-13-16-10-4-5-11-17(16)22-14-18(21)20-12-6-9-15-7-2-1-3-8-15/h1-11H,12,14H2,(H,20,21)/b9-6+. The minimum absolute atomic E-state index is 0.113. The SMILES string of the molecule is N#Cc1ccccc1OCC(=O)NC/C=C/c1ccccc1. The molecule has 2 rings (SSSR count). The summed E-state index contributed by atoms with van der Waals surface area (Å²) >= 11 is 0. The smallest absolute Gasteiger partial charge is 0.258 e. The lowest BCUT2D eigenvalue weighted by Gasteiger charge is -2.07. The minimum atomic E-state index is -0.231. The fraction of sp³-hybridized carbons (Fsp3) is 0.111. The predicted molar refractivity (Wildman–Crippen MR) is 85.1 cm³/mol. The van der Waals surface area contributed by atoms with Crippen LogP contribution in [0.2, 0.25) is 0 Å². The van der Waals surface area contributed by atoms with Crippen molar-refractivity contribution in [3.05, 3.63) is 71.8 Å². The Bertz CT molecular complexity index is 688. The summed E-state index contributed by atoms with van der Waals surface area (Å²) in [6.45, 7) is 0.314. The lowest BCUT2D eigenvalue weighted by atomic mass is 10.2. The van der Waals surface area contributed by atoms with Gasteiger partial charge in [-0.1, -0.05) is 54.6 Å². The Balaban J connectivity index is 1.75. The highest BCUT2D eigenvalue weighted by atomic mass is 16.5. The van der Waals surface area contributed by atoms with E-state index in [4.69, 9.17) is 10.00 Å². The van der Waals surface area contributed by atoms with Gasteiger partial charge in [-0.2, -0.15) is 5.26 Å². The molecule has 0 aliphatic carbocycles. The van der Waals surface area contributed by atoms with Gasteiger partial charge in [0.2, 0.25) is 0 Å². The molecule has 0 unspecified atom stereocenters. The number of nitrogens with one attached hydrogen (secondary N) is 1. The molecule has 0 aliphatic rings. The Morgan fingerprint density at radius 3 is 2.64 bits per heavy atom. The third-order valence-corrected chi connectivity index (χ3v) is 2.89. The number of benzene rings is 2. The van der Waals surface area contributed by atoms with E-state index in [2.05, 4.69) is 5.32 Å². The van der Waals surface area contributed by atoms with Crippen LogP contribution in [0.3, 0.4) is 0 Å². The van der Waals surface area contributed by atoms with Crippen LogP contribution in [0, 0.1) is 11.3 Å². The van der Waals surface area contributed by atoms with Crippen LogP contribution < -0.4 is 10.1 Å². The summed E-state index contributed by atoms with van der Waals surface area (Å²) in [4.78, 5) is 11.7. The van der Waals surface area contributed by atoms with Gasteiger partial charge in [0.15, 0.2) is 6.61 Å². The fourth-order valence-electron chi connectivity index (χ4n) is 1.81. The van der Waals surface area contributed by atoms with Gasteiger partial charge in [-0.3, -0.25) is 4.79 Å². The third-order valence-electron chi connectivity index (χ3n) is 2.89. The van der Waals surface area contributed by atoms with Crippen molar-refractivity contribution >= 4 is 12.0 Å². The normalized spacial score (nSPS) is 10.1. The van der Waals surface area contributed by atoms with Gasteiger partial charge in [0, 0.05) is 6.54 Å². The third kappa shape index (κ3) is 4.80. The van der Waals surface area contributed by atoms with Crippen LogP contribution in [0.15, 0.2) is 60.7 Å². The molecule has 2 aromatic rings. The van der Waals surface area contributed by atoms with Gasteiger partial charge < -0.3 is 10.1 Å². The predicted octanol–water partition coefficient (Wildman–Crippen LogP) is 2.77. The molecular formula is C18H16N2O2. The Kier molecular flexibility index (Phi) is 5.77. The maximum absolute atomic E-state index is 11.7. The number of hydrogen-bond donors (Lipinski definition) is 1. The second kappa shape index (κ2) is 8.28. The zero-order valence-corrected chi connectivity index (χ0v) is 12.0. The molecule has 0 aromatic heterocycles. The first-order valence-electron chi connectivity index (χ1n) is 6.90. The average Bonchev–Trinajstić information content (AvgIpc) is 2.58. The van der Waals surface area contributed by atoms with E-state index in [0.29, 0.717) is 17.9 Å². The summed E-state index contributed by atoms with van der Waals surface area (Å²) in [5, 5.41) is 11.7. The Labute approximate surface area is 129 Å². The number of ether oxygens (including phenoxy) is 1. The zero-order valence-electron chi connectivity index (χ0n) is 12.0. The number of hydrogen-bond acceptors (Lipinski definition) is 3. The average molecular weight is 292 g/mol. The highest BCUT2D eigenvalue weighted by molar-refractivity contribution is 5.77. The molecule has 0 atom stereocenters. The second-order valence-electron chi connectivity index (χ2n) is 4.51. The highest BCUT2D eigenvalue weighted by Gasteiger charge is 2.04. The maximum Gasteiger partial charge on any atom is 0.258 e. The fourth-order valence-corrected chi connectivity index (χ4v) is 1.81. The van der Waals surface area contributed by atoms with Crippen molar-refractivity contribution in [2.45, 2.75) is 0 Å². The van der Waals surface area contributed by atoms with Crippen molar-refractivity contribution in [3.63, 3.8) is 0 Å². The van der Waals surface area contributed by atoms with E-state index < -0.39 is 0 Å². The molecule has 0 spiro atoms. The zero-order chi connectivity index (χ0) is 15.6. The van der Waals surface area contributed by atoms with Crippen LogP contribution in [0.25, 0.3) is 6.08 Å². The van der Waals surface area contributed by atoms with Gasteiger partial charge in [-0.15, -0.1) is 0 Å². The molecule has 0 saturated carbocycles. The van der Waals surface area contributed by atoms with Gasteiger partial charge in [0.1, 0.15) is 11.8 Å². The van der Waals surface area contributed by atoms with Gasteiger partial charge in [-0.05, 0) is 17.7 Å². The molecule has 0 fully saturated rings. The molecule has 0 bridgehead atoms. The number of carbonyl (C=O) groups is 1. The summed E-state index contributed by atoms with van der Waals surface area (Å²) in [6, 6.07) is 18.7. The first-order chi connectivity index (χ1) is 10.8. The van der Waals surface area contributed by atoms with Crippen LogP contribution in [0.1, 0.15) is 11.1 Å². The Morgan fingerprint density at radius 1 is 1.14 bits per heavy atom. The van der Waals surface area contributed by atoms with Crippen LogP contribution >= 0.6 is 0 Å². The van der Waals surface area contributed by atoms with E-state index >= 15 is 0 Å². The van der Waals surface area contributed by atoms with Crippen LogP contribution in [-0.2, 0) is 4.79 Å². The Morgan fingerprint density at radius 2 is 1.86 bits per heavy atom. The van der Waals surface area contributed by atoms with Crippen molar-refractivity contribution in [2.75, 3.05) is 13.2 Å². The van der Waals surface area contributed by atoms with Crippen molar-refractivity contribution in [1.82, 2.24) is 5.32 Å². The quantitative estimate of drug-likeness (QED) is 0.890. The largest absolute Gasteiger partial charge is 0.482 e. The van der Waals surface area contributed by atoms with E-state index in [1.807, 2.05) is 48.6 Å². The first-order valence-corrected chi connectivity index (χ1v) is 6.90. The number of nitrogens with zero attached hydrogens (tertiary/aromatic N) is 1. The number of para-hydroxylation sites is 1. The number of nitriles is 1. The van der Waals surface area contributed by atoms with E-state index in [1.54, 1.807) is 24.3 Å². The van der Waals surface area contributed by atoms with Gasteiger partial charge >= 0.3 is 0 Å². The first kappa shape index (κ1) is 15.3. The summed E-state index contributed by atoms with van der Waals surface area (Å²) in [5.74, 6) is 0.186. The Hall–Kier alpha value is -3.06. The van der Waals surface area contributed by atoms with E-state index in [1.165, 1.54) is 0 Å². The molecule has 0 saturated heterocycles.